The summed E-state index contributed by atoms with van der Waals surface area (Å²) < 4.78 is 22.8. The molecule has 37 heavy (non-hydrogen) atoms. The normalized spacial score (nSPS) is 15.2. The number of pyridine rings is 1. The summed E-state index contributed by atoms with van der Waals surface area (Å²) in [6, 6.07) is 11.3. The van der Waals surface area contributed by atoms with Gasteiger partial charge in [-0.2, -0.15) is 10.5 Å². The van der Waals surface area contributed by atoms with Crippen LogP contribution in [-0.4, -0.2) is 75.1 Å². The molecule has 2 aliphatic rings. The number of piperazine rings is 1. The second kappa shape index (κ2) is 10.8. The zero-order valence-electron chi connectivity index (χ0n) is 20.9. The van der Waals surface area contributed by atoms with Crippen molar-refractivity contribution in [3.63, 3.8) is 0 Å². The molecule has 0 bridgehead atoms. The van der Waals surface area contributed by atoms with Crippen LogP contribution < -0.4 is 24.3 Å². The number of hydrogen-bond donors (Lipinski definition) is 1. The van der Waals surface area contributed by atoms with E-state index >= 15 is 0 Å². The Hall–Kier alpha value is -4.25. The molecular weight excluding hydrogens is 472 g/mol. The third kappa shape index (κ3) is 5.03. The average molecular weight is 501 g/mol. The van der Waals surface area contributed by atoms with Crippen LogP contribution in [0, 0.1) is 22.7 Å². The Morgan fingerprint density at radius 1 is 1.03 bits per heavy atom. The van der Waals surface area contributed by atoms with Crippen molar-refractivity contribution in [2.24, 2.45) is 0 Å². The SMILES string of the molecule is COc1cc2c(Nc3ccc(C#N)c4c3OCO4)c(C#N)cnc2cc1OCCCN1CCN(C)CC1. The Balaban J connectivity index is 1.39. The summed E-state index contributed by atoms with van der Waals surface area (Å²) in [6.07, 6.45) is 2.43. The van der Waals surface area contributed by atoms with Gasteiger partial charge in [-0.1, -0.05) is 0 Å². The van der Waals surface area contributed by atoms with Crippen LogP contribution in [0.15, 0.2) is 30.5 Å². The Morgan fingerprint density at radius 2 is 1.81 bits per heavy atom. The number of anilines is 2. The molecule has 0 saturated carbocycles. The summed E-state index contributed by atoms with van der Waals surface area (Å²) in [6.45, 7) is 5.92. The highest BCUT2D eigenvalue weighted by Gasteiger charge is 2.24. The first kappa shape index (κ1) is 24.4. The second-order valence-corrected chi connectivity index (χ2v) is 8.99. The van der Waals surface area contributed by atoms with E-state index in [1.165, 1.54) is 6.20 Å². The van der Waals surface area contributed by atoms with Gasteiger partial charge in [0, 0.05) is 50.4 Å². The molecular formula is C27H28N6O4. The number of fused-ring (bicyclic) bond motifs is 2. The molecule has 0 atom stereocenters. The summed E-state index contributed by atoms with van der Waals surface area (Å²) in [5.41, 5.74) is 2.52. The number of aromatic nitrogens is 1. The quantitative estimate of drug-likeness (QED) is 0.461. The van der Waals surface area contributed by atoms with E-state index in [0.29, 0.717) is 63.0 Å². The van der Waals surface area contributed by atoms with Gasteiger partial charge in [0.1, 0.15) is 12.1 Å². The van der Waals surface area contributed by atoms with E-state index in [0.717, 1.165) is 39.1 Å². The van der Waals surface area contributed by atoms with Crippen molar-refractivity contribution in [1.29, 1.82) is 10.5 Å². The number of likely N-dealkylation sites (N-methyl/N-ethyl adjacent to an activating group) is 1. The van der Waals surface area contributed by atoms with Gasteiger partial charge in [0.15, 0.2) is 23.0 Å². The van der Waals surface area contributed by atoms with Crippen LogP contribution in [0.1, 0.15) is 17.5 Å². The molecule has 1 N–H and O–H groups in total. The van der Waals surface area contributed by atoms with Gasteiger partial charge in [-0.3, -0.25) is 4.98 Å². The predicted octanol–water partition coefficient (Wildman–Crippen LogP) is 3.48. The van der Waals surface area contributed by atoms with E-state index in [1.807, 2.05) is 12.1 Å². The largest absolute Gasteiger partial charge is 0.493 e. The maximum absolute atomic E-state index is 9.79. The average Bonchev–Trinajstić information content (AvgIpc) is 3.42. The minimum Gasteiger partial charge on any atom is -0.493 e. The van der Waals surface area contributed by atoms with Gasteiger partial charge in [-0.25, -0.2) is 0 Å². The molecule has 10 heteroatoms. The van der Waals surface area contributed by atoms with Crippen molar-refractivity contribution in [2.75, 3.05) is 65.6 Å². The van der Waals surface area contributed by atoms with Crippen LogP contribution in [0.25, 0.3) is 10.9 Å². The summed E-state index contributed by atoms with van der Waals surface area (Å²) >= 11 is 0. The fourth-order valence-corrected chi connectivity index (χ4v) is 4.55. The van der Waals surface area contributed by atoms with Crippen LogP contribution in [-0.2, 0) is 0 Å². The van der Waals surface area contributed by atoms with Gasteiger partial charge in [0.25, 0.3) is 0 Å². The molecule has 190 valence electrons. The molecule has 0 aliphatic carbocycles. The number of methoxy groups -OCH3 is 1. The standard InChI is InChI=1S/C27H28N6O4/c1-32-7-9-33(10-8-32)6-3-11-35-24-13-22-20(12-23(24)34-2)25(19(15-29)16-30-22)31-21-5-4-18(14-28)26-27(21)37-17-36-26/h4-5,12-13,16H,3,6-11,17H2,1-2H3,(H,30,31). The van der Waals surface area contributed by atoms with Crippen LogP contribution in [0.3, 0.4) is 0 Å². The lowest BCUT2D eigenvalue weighted by Crippen LogP contribution is -2.44. The summed E-state index contributed by atoms with van der Waals surface area (Å²) in [4.78, 5) is 9.29. The number of nitriles is 2. The van der Waals surface area contributed by atoms with E-state index < -0.39 is 0 Å². The van der Waals surface area contributed by atoms with E-state index in [1.54, 1.807) is 19.2 Å². The van der Waals surface area contributed by atoms with Crippen LogP contribution in [0.4, 0.5) is 11.4 Å². The maximum Gasteiger partial charge on any atom is 0.231 e. The molecule has 3 aromatic rings. The third-order valence-electron chi connectivity index (χ3n) is 6.64. The molecule has 0 radical (unpaired) electrons. The van der Waals surface area contributed by atoms with Crippen LogP contribution >= 0.6 is 0 Å². The molecule has 5 rings (SSSR count). The smallest absolute Gasteiger partial charge is 0.231 e. The Morgan fingerprint density at radius 3 is 2.57 bits per heavy atom. The number of nitrogens with zero attached hydrogens (tertiary/aromatic N) is 5. The lowest BCUT2D eigenvalue weighted by molar-refractivity contribution is 0.145. The molecule has 1 fully saturated rings. The first-order valence-corrected chi connectivity index (χ1v) is 12.2. The van der Waals surface area contributed by atoms with Crippen molar-refractivity contribution in [1.82, 2.24) is 14.8 Å². The van der Waals surface area contributed by atoms with E-state index in [4.69, 9.17) is 18.9 Å². The molecule has 1 saturated heterocycles. The lowest BCUT2D eigenvalue weighted by Gasteiger charge is -2.32. The summed E-state index contributed by atoms with van der Waals surface area (Å²) in [7, 11) is 3.74. The fraction of sp³-hybridized carbons (Fsp3) is 0.370. The second-order valence-electron chi connectivity index (χ2n) is 8.99. The van der Waals surface area contributed by atoms with E-state index in [2.05, 4.69) is 39.3 Å². The Bertz CT molecular complexity index is 1390. The monoisotopic (exact) mass is 500 g/mol. The maximum atomic E-state index is 9.79. The van der Waals surface area contributed by atoms with Gasteiger partial charge >= 0.3 is 0 Å². The first-order valence-electron chi connectivity index (χ1n) is 12.2. The number of benzene rings is 2. The van der Waals surface area contributed by atoms with E-state index in [-0.39, 0.29) is 6.79 Å². The van der Waals surface area contributed by atoms with Gasteiger partial charge < -0.3 is 34.1 Å². The number of hydrogen-bond acceptors (Lipinski definition) is 10. The highest BCUT2D eigenvalue weighted by molar-refractivity contribution is 5.98. The van der Waals surface area contributed by atoms with Crippen LogP contribution in [0.2, 0.25) is 0 Å². The molecule has 3 heterocycles. The van der Waals surface area contributed by atoms with Crippen molar-refractivity contribution in [3.8, 4) is 35.1 Å². The minimum absolute atomic E-state index is 0.0221. The van der Waals surface area contributed by atoms with Gasteiger partial charge in [0.2, 0.25) is 6.79 Å². The van der Waals surface area contributed by atoms with Gasteiger partial charge in [0.05, 0.1) is 41.7 Å². The molecule has 0 spiro atoms. The number of rotatable bonds is 8. The fourth-order valence-electron chi connectivity index (χ4n) is 4.55. The van der Waals surface area contributed by atoms with Gasteiger partial charge in [-0.05, 0) is 31.7 Å². The molecule has 2 aromatic carbocycles. The highest BCUT2D eigenvalue weighted by Crippen LogP contribution is 2.44. The van der Waals surface area contributed by atoms with Crippen molar-refractivity contribution in [3.05, 3.63) is 41.6 Å². The zero-order chi connectivity index (χ0) is 25.8. The Kier molecular flexibility index (Phi) is 7.13. The van der Waals surface area contributed by atoms with Crippen molar-refractivity contribution < 1.29 is 18.9 Å². The lowest BCUT2D eigenvalue weighted by atomic mass is 10.1. The van der Waals surface area contributed by atoms with Crippen molar-refractivity contribution >= 4 is 22.3 Å². The minimum atomic E-state index is 0.0221. The topological polar surface area (TPSA) is 116 Å². The molecule has 0 amide bonds. The van der Waals surface area contributed by atoms with Crippen LogP contribution in [0.5, 0.6) is 23.0 Å². The van der Waals surface area contributed by atoms with E-state index in [9.17, 15) is 10.5 Å². The molecule has 10 nitrogen and oxygen atoms in total. The zero-order valence-corrected chi connectivity index (χ0v) is 20.9. The van der Waals surface area contributed by atoms with Crippen molar-refractivity contribution in [2.45, 2.75) is 6.42 Å². The van der Waals surface area contributed by atoms with Gasteiger partial charge in [-0.15, -0.1) is 0 Å². The summed E-state index contributed by atoms with van der Waals surface area (Å²) in [5.74, 6) is 1.97. The predicted molar refractivity (Wildman–Crippen MR) is 138 cm³/mol. The molecule has 1 aromatic heterocycles. The molecule has 0 unspecified atom stereocenters. The number of ether oxygens (including phenoxy) is 4. The summed E-state index contributed by atoms with van der Waals surface area (Å²) in [5, 5.41) is 23.1. The third-order valence-corrected chi connectivity index (χ3v) is 6.64. The molecule has 2 aliphatic heterocycles. The first-order chi connectivity index (χ1) is 18.1. The number of nitrogens with one attached hydrogen (secondary N) is 1. The highest BCUT2D eigenvalue weighted by atomic mass is 16.7. The Labute approximate surface area is 215 Å².